The van der Waals surface area contributed by atoms with Gasteiger partial charge in [0.1, 0.15) is 13.2 Å². The summed E-state index contributed by atoms with van der Waals surface area (Å²) in [6, 6.07) is 11.0. The van der Waals surface area contributed by atoms with Gasteiger partial charge in [-0.25, -0.2) is 19.6 Å². The van der Waals surface area contributed by atoms with Gasteiger partial charge in [-0.3, -0.25) is 20.2 Å². The fraction of sp³-hybridized carbons (Fsp3) is 0.263. The Morgan fingerprint density at radius 2 is 1.16 bits per heavy atom. The van der Waals surface area contributed by atoms with Crippen LogP contribution in [0, 0.1) is 20.2 Å². The van der Waals surface area contributed by atoms with E-state index in [-0.39, 0.29) is 42.9 Å². The predicted octanol–water partition coefficient (Wildman–Crippen LogP) is 3.31. The van der Waals surface area contributed by atoms with Gasteiger partial charge in [-0.2, -0.15) is 12.6 Å². The van der Waals surface area contributed by atoms with Crippen molar-refractivity contribution in [2.45, 2.75) is 18.5 Å². The Hall–Kier alpha value is -3.87. The van der Waals surface area contributed by atoms with Crippen LogP contribution in [0.1, 0.15) is 11.1 Å². The smallest absolute Gasteiger partial charge is 0.429 e. The van der Waals surface area contributed by atoms with Crippen LogP contribution >= 0.6 is 12.6 Å². The largest absolute Gasteiger partial charge is 0.443 e. The lowest BCUT2D eigenvalue weighted by molar-refractivity contribution is -0.385. The van der Waals surface area contributed by atoms with Crippen molar-refractivity contribution < 1.29 is 28.9 Å². The zero-order chi connectivity index (χ0) is 23.3. The molecule has 0 unspecified atom stereocenters. The van der Waals surface area contributed by atoms with Crippen LogP contribution in [0.15, 0.2) is 48.5 Å². The van der Waals surface area contributed by atoms with E-state index in [4.69, 9.17) is 9.47 Å². The maximum atomic E-state index is 12.5. The Bertz CT molecular complexity index is 933. The van der Waals surface area contributed by atoms with Crippen molar-refractivity contribution in [2.24, 2.45) is 0 Å². The van der Waals surface area contributed by atoms with Gasteiger partial charge in [0.05, 0.1) is 22.9 Å². The maximum Gasteiger partial charge on any atom is 0.429 e. The lowest BCUT2D eigenvalue weighted by Crippen LogP contribution is -2.45. The molecule has 13 heteroatoms. The molecule has 1 saturated heterocycles. The molecule has 0 atom stereocenters. The summed E-state index contributed by atoms with van der Waals surface area (Å²) in [4.78, 5) is 45.3. The van der Waals surface area contributed by atoms with Gasteiger partial charge in [0, 0.05) is 29.5 Å². The SMILES string of the molecule is O=C(OCc1ccc([N+](=O)[O-])cc1)N1CC(S)CN1C(=O)OCc1ccc([N+](=O)[O-])cc1. The molecule has 168 valence electrons. The van der Waals surface area contributed by atoms with Gasteiger partial charge >= 0.3 is 12.2 Å². The Morgan fingerprint density at radius 1 is 0.812 bits per heavy atom. The van der Waals surface area contributed by atoms with Gasteiger partial charge in [0.15, 0.2) is 0 Å². The second-order valence-corrected chi connectivity index (χ2v) is 7.50. The van der Waals surface area contributed by atoms with Crippen LogP contribution in [-0.2, 0) is 22.7 Å². The molecule has 1 heterocycles. The third-order valence-electron chi connectivity index (χ3n) is 4.50. The minimum Gasteiger partial charge on any atom is -0.443 e. The molecule has 2 aromatic rings. The lowest BCUT2D eigenvalue weighted by atomic mass is 10.2. The molecule has 0 saturated carbocycles. The average molecular weight is 462 g/mol. The number of carbonyl (C=O) groups excluding carboxylic acids is 2. The minimum absolute atomic E-state index is 0.0838. The monoisotopic (exact) mass is 462 g/mol. The number of rotatable bonds is 6. The summed E-state index contributed by atoms with van der Waals surface area (Å²) >= 11 is 4.31. The van der Waals surface area contributed by atoms with Crippen molar-refractivity contribution in [2.75, 3.05) is 13.1 Å². The van der Waals surface area contributed by atoms with E-state index in [1.54, 1.807) is 0 Å². The number of hydrogen-bond acceptors (Lipinski definition) is 9. The molecule has 0 aliphatic carbocycles. The molecule has 0 bridgehead atoms. The van der Waals surface area contributed by atoms with Crippen LogP contribution in [0.2, 0.25) is 0 Å². The fourth-order valence-corrected chi connectivity index (χ4v) is 3.18. The van der Waals surface area contributed by atoms with Crippen LogP contribution in [0.25, 0.3) is 0 Å². The first-order chi connectivity index (χ1) is 15.2. The van der Waals surface area contributed by atoms with Gasteiger partial charge in [0.2, 0.25) is 0 Å². The van der Waals surface area contributed by atoms with Crippen LogP contribution in [0.5, 0.6) is 0 Å². The molecule has 0 spiro atoms. The molecule has 3 rings (SSSR count). The van der Waals surface area contributed by atoms with Crippen LogP contribution < -0.4 is 0 Å². The molecule has 2 amide bonds. The first-order valence-electron chi connectivity index (χ1n) is 9.28. The normalized spacial score (nSPS) is 13.7. The van der Waals surface area contributed by atoms with E-state index < -0.39 is 22.0 Å². The zero-order valence-electron chi connectivity index (χ0n) is 16.5. The van der Waals surface area contributed by atoms with Crippen LogP contribution in [0.3, 0.4) is 0 Å². The number of thiol groups is 1. The summed E-state index contributed by atoms with van der Waals surface area (Å²) in [6.07, 6.45) is -1.60. The number of nitrogens with zero attached hydrogens (tertiary/aromatic N) is 4. The van der Waals surface area contributed by atoms with Crippen molar-refractivity contribution in [3.05, 3.63) is 79.9 Å². The van der Waals surface area contributed by atoms with Gasteiger partial charge in [-0.05, 0) is 35.4 Å². The van der Waals surface area contributed by atoms with Crippen LogP contribution in [-0.4, -0.2) is 50.4 Å². The molecule has 2 aromatic carbocycles. The molecule has 1 aliphatic heterocycles. The second-order valence-electron chi connectivity index (χ2n) is 6.77. The molecule has 0 N–H and O–H groups in total. The van der Waals surface area contributed by atoms with Crippen LogP contribution in [0.4, 0.5) is 21.0 Å². The van der Waals surface area contributed by atoms with E-state index in [2.05, 4.69) is 12.6 Å². The summed E-state index contributed by atoms with van der Waals surface area (Å²) in [5, 5.41) is 23.2. The number of nitro benzene ring substituents is 2. The summed E-state index contributed by atoms with van der Waals surface area (Å²) in [7, 11) is 0. The van der Waals surface area contributed by atoms with Crippen molar-refractivity contribution in [3.8, 4) is 0 Å². The summed E-state index contributed by atoms with van der Waals surface area (Å²) in [6.45, 7) is -0.0455. The number of nitro groups is 2. The number of amides is 2. The number of hydrogen-bond donors (Lipinski definition) is 1. The number of non-ortho nitro benzene ring substituents is 2. The van der Waals surface area contributed by atoms with Gasteiger partial charge < -0.3 is 9.47 Å². The molecule has 0 aromatic heterocycles. The van der Waals surface area contributed by atoms with E-state index in [1.807, 2.05) is 0 Å². The van der Waals surface area contributed by atoms with E-state index in [0.717, 1.165) is 10.0 Å². The van der Waals surface area contributed by atoms with E-state index in [1.165, 1.54) is 48.5 Å². The lowest BCUT2D eigenvalue weighted by Gasteiger charge is -2.26. The molecule has 32 heavy (non-hydrogen) atoms. The van der Waals surface area contributed by atoms with Gasteiger partial charge in [-0.15, -0.1) is 0 Å². The van der Waals surface area contributed by atoms with E-state index in [0.29, 0.717) is 11.1 Å². The summed E-state index contributed by atoms with van der Waals surface area (Å²) in [5.41, 5.74) is 0.912. The molecular formula is C19H18N4O8S. The minimum atomic E-state index is -0.799. The number of carbonyl (C=O) groups is 2. The van der Waals surface area contributed by atoms with E-state index in [9.17, 15) is 29.8 Å². The Labute approximate surface area is 187 Å². The Balaban J connectivity index is 1.55. The van der Waals surface area contributed by atoms with E-state index >= 15 is 0 Å². The Kier molecular flexibility index (Phi) is 7.10. The molecule has 0 radical (unpaired) electrons. The molecule has 1 fully saturated rings. The molecule has 12 nitrogen and oxygen atoms in total. The second kappa shape index (κ2) is 9.96. The van der Waals surface area contributed by atoms with Crippen molar-refractivity contribution in [3.63, 3.8) is 0 Å². The summed E-state index contributed by atoms with van der Waals surface area (Å²) < 4.78 is 10.4. The first kappa shape index (κ1) is 22.8. The van der Waals surface area contributed by atoms with Crippen molar-refractivity contribution in [1.29, 1.82) is 0 Å². The van der Waals surface area contributed by atoms with Gasteiger partial charge in [-0.1, -0.05) is 0 Å². The third kappa shape index (κ3) is 5.63. The Morgan fingerprint density at radius 3 is 1.47 bits per heavy atom. The molecule has 1 aliphatic rings. The summed E-state index contributed by atoms with van der Waals surface area (Å²) in [5.74, 6) is 0. The third-order valence-corrected chi connectivity index (χ3v) is 4.83. The highest BCUT2D eigenvalue weighted by Crippen LogP contribution is 2.20. The highest BCUT2D eigenvalue weighted by atomic mass is 32.1. The standard InChI is InChI=1S/C19H18N4O8S/c24-18(30-11-13-1-5-15(6-2-13)22(26)27)20-9-17(32)10-21(20)19(25)31-12-14-3-7-16(8-4-14)23(28)29/h1-8,17,32H,9-12H2. The number of hydrazine groups is 1. The fourth-order valence-electron chi connectivity index (χ4n) is 2.87. The average Bonchev–Trinajstić information content (AvgIpc) is 3.18. The topological polar surface area (TPSA) is 145 Å². The van der Waals surface area contributed by atoms with Crippen molar-refractivity contribution in [1.82, 2.24) is 10.0 Å². The highest BCUT2D eigenvalue weighted by Gasteiger charge is 2.37. The number of benzene rings is 2. The predicted molar refractivity (Wildman–Crippen MR) is 113 cm³/mol. The number of ether oxygens (including phenoxy) is 2. The molecular weight excluding hydrogens is 444 g/mol. The highest BCUT2D eigenvalue weighted by molar-refractivity contribution is 7.81. The first-order valence-corrected chi connectivity index (χ1v) is 9.79. The maximum absolute atomic E-state index is 12.5. The zero-order valence-corrected chi connectivity index (χ0v) is 17.4. The van der Waals surface area contributed by atoms with Gasteiger partial charge in [0.25, 0.3) is 11.4 Å². The van der Waals surface area contributed by atoms with Crippen molar-refractivity contribution >= 4 is 36.2 Å². The quantitative estimate of drug-likeness (QED) is 0.391.